The Labute approximate surface area is 181 Å². The van der Waals surface area contributed by atoms with Crippen LogP contribution in [0.2, 0.25) is 0 Å². The fourth-order valence-corrected chi connectivity index (χ4v) is 4.85. The highest BCUT2D eigenvalue weighted by Crippen LogP contribution is 2.31. The van der Waals surface area contributed by atoms with Crippen molar-refractivity contribution in [2.24, 2.45) is 0 Å². The third-order valence-electron chi connectivity index (χ3n) is 5.20. The molecule has 0 spiro atoms. The molecule has 2 N–H and O–H groups in total. The van der Waals surface area contributed by atoms with E-state index in [9.17, 15) is 16.8 Å². The van der Waals surface area contributed by atoms with E-state index in [4.69, 9.17) is 0 Å². The first-order valence-electron chi connectivity index (χ1n) is 10.2. The Hall–Kier alpha value is -1.74. The summed E-state index contributed by atoms with van der Waals surface area (Å²) in [4.78, 5) is 0. The molecule has 0 atom stereocenters. The van der Waals surface area contributed by atoms with Gasteiger partial charge in [-0.1, -0.05) is 55.5 Å². The van der Waals surface area contributed by atoms with Gasteiger partial charge in [0.25, 0.3) is 0 Å². The van der Waals surface area contributed by atoms with Gasteiger partial charge in [-0.3, -0.25) is 0 Å². The molecule has 0 heterocycles. The summed E-state index contributed by atoms with van der Waals surface area (Å²) in [6.45, 7) is 7.76. The van der Waals surface area contributed by atoms with Crippen LogP contribution in [0.25, 0.3) is 11.1 Å². The molecule has 0 bridgehead atoms. The van der Waals surface area contributed by atoms with Crippen molar-refractivity contribution in [1.82, 2.24) is 9.44 Å². The van der Waals surface area contributed by atoms with E-state index in [2.05, 4.69) is 9.44 Å². The lowest BCUT2D eigenvalue weighted by atomic mass is 9.97. The van der Waals surface area contributed by atoms with Crippen molar-refractivity contribution in [2.45, 2.75) is 45.3 Å². The third kappa shape index (κ3) is 6.14. The summed E-state index contributed by atoms with van der Waals surface area (Å²) in [7, 11) is -6.65. The van der Waals surface area contributed by atoms with Gasteiger partial charge < -0.3 is 0 Å². The monoisotopic (exact) mass is 452 g/mol. The van der Waals surface area contributed by atoms with Crippen LogP contribution in [0.5, 0.6) is 0 Å². The first-order valence-corrected chi connectivity index (χ1v) is 13.3. The average molecular weight is 453 g/mol. The maximum absolute atomic E-state index is 12.6. The number of sulfonamides is 2. The summed E-state index contributed by atoms with van der Waals surface area (Å²) in [6.07, 6.45) is 1.37. The molecule has 2 aromatic rings. The molecule has 6 nitrogen and oxygen atoms in total. The maximum atomic E-state index is 12.6. The number of benzene rings is 2. The highest BCUT2D eigenvalue weighted by molar-refractivity contribution is 7.90. The molecule has 0 aliphatic rings. The molecule has 0 saturated carbocycles. The third-order valence-corrected chi connectivity index (χ3v) is 8.76. The first kappa shape index (κ1) is 24.5. The van der Waals surface area contributed by atoms with Crippen molar-refractivity contribution in [3.63, 3.8) is 0 Å². The zero-order chi connectivity index (χ0) is 22.4. The Morgan fingerprint density at radius 3 is 1.80 bits per heavy atom. The summed E-state index contributed by atoms with van der Waals surface area (Å²) >= 11 is 0. The summed E-state index contributed by atoms with van der Waals surface area (Å²) < 4.78 is 52.4. The molecule has 0 radical (unpaired) electrons. The van der Waals surface area contributed by atoms with E-state index in [1.807, 2.05) is 55.5 Å². The van der Waals surface area contributed by atoms with Crippen LogP contribution in [-0.4, -0.2) is 35.7 Å². The Morgan fingerprint density at radius 2 is 1.30 bits per heavy atom. The van der Waals surface area contributed by atoms with Crippen molar-refractivity contribution in [3.05, 3.63) is 59.7 Å². The molecule has 0 aliphatic carbocycles. The van der Waals surface area contributed by atoms with Gasteiger partial charge in [0.15, 0.2) is 0 Å². The van der Waals surface area contributed by atoms with Gasteiger partial charge in [0, 0.05) is 13.1 Å². The molecule has 0 unspecified atom stereocenters. The van der Waals surface area contributed by atoms with Crippen LogP contribution < -0.4 is 9.44 Å². The molecule has 166 valence electrons. The minimum absolute atomic E-state index is 0.0781. The van der Waals surface area contributed by atoms with Crippen LogP contribution >= 0.6 is 0 Å². The van der Waals surface area contributed by atoms with Gasteiger partial charge in [-0.25, -0.2) is 26.3 Å². The van der Waals surface area contributed by atoms with Gasteiger partial charge in [-0.05, 0) is 55.9 Å². The molecular formula is C22H32N2O4S2. The molecule has 2 rings (SSSR count). The Bertz CT molecular complexity index is 1030. The van der Waals surface area contributed by atoms with Gasteiger partial charge >= 0.3 is 0 Å². The van der Waals surface area contributed by atoms with Gasteiger partial charge in [-0.2, -0.15) is 0 Å². The van der Waals surface area contributed by atoms with Gasteiger partial charge in [0.05, 0.1) is 5.75 Å². The van der Waals surface area contributed by atoms with Crippen LogP contribution in [0.15, 0.2) is 48.5 Å². The minimum atomic E-state index is -3.48. The number of rotatable bonds is 11. The molecule has 0 aromatic heterocycles. The van der Waals surface area contributed by atoms with Gasteiger partial charge in [0.1, 0.15) is 4.75 Å². The Morgan fingerprint density at radius 1 is 0.767 bits per heavy atom. The highest BCUT2D eigenvalue weighted by atomic mass is 32.2. The van der Waals surface area contributed by atoms with Crippen molar-refractivity contribution >= 4 is 20.0 Å². The van der Waals surface area contributed by atoms with E-state index < -0.39 is 24.8 Å². The van der Waals surface area contributed by atoms with Crippen LogP contribution in [0.1, 0.15) is 45.2 Å². The number of hydrogen-bond donors (Lipinski definition) is 2. The molecule has 0 fully saturated rings. The lowest BCUT2D eigenvalue weighted by Gasteiger charge is -2.26. The lowest BCUT2D eigenvalue weighted by Crippen LogP contribution is -2.39. The largest absolute Gasteiger partial charge is 0.221 e. The zero-order valence-corrected chi connectivity index (χ0v) is 19.7. The number of nitrogens with one attached hydrogen (secondary N) is 2. The summed E-state index contributed by atoms with van der Waals surface area (Å²) in [5.41, 5.74) is 3.79. The van der Waals surface area contributed by atoms with Crippen LogP contribution in [0.4, 0.5) is 0 Å². The van der Waals surface area contributed by atoms with E-state index in [0.29, 0.717) is 19.5 Å². The maximum Gasteiger partial charge on any atom is 0.221 e. The molecule has 0 amide bonds. The molecule has 30 heavy (non-hydrogen) atoms. The van der Waals surface area contributed by atoms with Crippen molar-refractivity contribution in [2.75, 3.05) is 18.8 Å². The summed E-state index contributed by atoms with van der Waals surface area (Å²) in [5.74, 6) is 0.0781. The van der Waals surface area contributed by atoms with Crippen LogP contribution in [-0.2, 0) is 31.2 Å². The van der Waals surface area contributed by atoms with Crippen LogP contribution in [0, 0.1) is 0 Å². The molecule has 2 aromatic carbocycles. The first-order chi connectivity index (χ1) is 14.0. The lowest BCUT2D eigenvalue weighted by molar-refractivity contribution is 0.539. The molecule has 0 aliphatic heterocycles. The fourth-order valence-electron chi connectivity index (χ4n) is 2.95. The fraction of sp³-hybridized carbons (Fsp3) is 0.455. The minimum Gasteiger partial charge on any atom is -0.215 e. The van der Waals surface area contributed by atoms with Crippen molar-refractivity contribution in [3.8, 4) is 11.1 Å². The summed E-state index contributed by atoms with van der Waals surface area (Å²) in [6, 6.07) is 15.5. The van der Waals surface area contributed by atoms with Crippen LogP contribution in [0.3, 0.4) is 0 Å². The van der Waals surface area contributed by atoms with E-state index in [1.54, 1.807) is 20.8 Å². The molecule has 8 heteroatoms. The molecular weight excluding hydrogens is 420 g/mol. The predicted molar refractivity (Wildman–Crippen MR) is 123 cm³/mol. The van der Waals surface area contributed by atoms with E-state index in [0.717, 1.165) is 28.7 Å². The normalized spacial score (nSPS) is 12.8. The Balaban J connectivity index is 2.09. The van der Waals surface area contributed by atoms with E-state index >= 15 is 0 Å². The van der Waals surface area contributed by atoms with E-state index in [-0.39, 0.29) is 5.75 Å². The highest BCUT2D eigenvalue weighted by Gasteiger charge is 2.35. The second kappa shape index (κ2) is 10.0. The van der Waals surface area contributed by atoms with Gasteiger partial charge in [-0.15, -0.1) is 0 Å². The van der Waals surface area contributed by atoms with E-state index in [1.165, 1.54) is 0 Å². The second-order valence-electron chi connectivity index (χ2n) is 7.73. The van der Waals surface area contributed by atoms with Crippen molar-refractivity contribution < 1.29 is 16.8 Å². The molecule has 0 saturated heterocycles. The van der Waals surface area contributed by atoms with Crippen molar-refractivity contribution in [1.29, 1.82) is 0 Å². The zero-order valence-electron chi connectivity index (χ0n) is 18.1. The standard InChI is InChI=1S/C22H32N2O4S2/c1-5-16-24-30(27,28)22(3,4)21-13-11-20(12-14-21)19-9-7-18(8-10-19)15-17-23-29(25,26)6-2/h7-14,23-24H,5-6,15-17H2,1-4H3. The predicted octanol–water partition coefficient (Wildman–Crippen LogP) is 3.40. The average Bonchev–Trinajstić information content (AvgIpc) is 2.72. The Kier molecular flexibility index (Phi) is 8.21. The topological polar surface area (TPSA) is 92.3 Å². The quantitative estimate of drug-likeness (QED) is 0.547. The summed E-state index contributed by atoms with van der Waals surface area (Å²) in [5, 5.41) is 0. The van der Waals surface area contributed by atoms with Gasteiger partial charge in [0.2, 0.25) is 20.0 Å². The smallest absolute Gasteiger partial charge is 0.215 e. The second-order valence-corrected chi connectivity index (χ2v) is 12.1. The number of hydrogen-bond acceptors (Lipinski definition) is 4. The SMILES string of the molecule is CCCNS(=O)(=O)C(C)(C)c1ccc(-c2ccc(CCNS(=O)(=O)CC)cc2)cc1.